The van der Waals surface area contributed by atoms with Crippen molar-refractivity contribution in [1.29, 1.82) is 0 Å². The number of anilines is 1. The van der Waals surface area contributed by atoms with Gasteiger partial charge in [0.25, 0.3) is 11.8 Å². The van der Waals surface area contributed by atoms with E-state index in [2.05, 4.69) is 58.9 Å². The highest BCUT2D eigenvalue weighted by Crippen LogP contribution is 2.36. The molecule has 4 amide bonds. The molecule has 3 heterocycles. The molecule has 3 aliphatic heterocycles. The summed E-state index contributed by atoms with van der Waals surface area (Å²) in [6.07, 6.45) is 2.89. The highest BCUT2D eigenvalue weighted by molar-refractivity contribution is 6.23. The fraction of sp³-hybridized carbons (Fsp3) is 0.286. The fourth-order valence-corrected chi connectivity index (χ4v) is 7.42. The lowest BCUT2D eigenvalue weighted by atomic mass is 9.88. The van der Waals surface area contributed by atoms with Crippen molar-refractivity contribution in [3.05, 3.63) is 125 Å². The van der Waals surface area contributed by atoms with Crippen LogP contribution in [0.2, 0.25) is 0 Å². The molecule has 0 saturated carbocycles. The van der Waals surface area contributed by atoms with Crippen molar-refractivity contribution >= 4 is 40.5 Å². The second-order valence-corrected chi connectivity index (χ2v) is 13.5. The van der Waals surface area contributed by atoms with E-state index < -0.39 is 29.7 Å². The van der Waals surface area contributed by atoms with Crippen LogP contribution < -0.4 is 15.4 Å². The van der Waals surface area contributed by atoms with Crippen LogP contribution in [-0.2, 0) is 9.59 Å². The second-order valence-electron chi connectivity index (χ2n) is 13.5. The number of hydrogen-bond acceptors (Lipinski definition) is 8. The van der Waals surface area contributed by atoms with Crippen LogP contribution in [0.5, 0.6) is 11.5 Å². The molecule has 7 rings (SSSR count). The Balaban J connectivity index is 0.920. The summed E-state index contributed by atoms with van der Waals surface area (Å²) in [7, 11) is 0. The number of aromatic hydroxyl groups is 1. The minimum Gasteiger partial charge on any atom is -0.508 e. The van der Waals surface area contributed by atoms with Gasteiger partial charge in [-0.3, -0.25) is 34.3 Å². The van der Waals surface area contributed by atoms with Gasteiger partial charge in [-0.1, -0.05) is 61.5 Å². The van der Waals surface area contributed by atoms with Gasteiger partial charge in [0, 0.05) is 37.8 Å². The molecule has 52 heavy (non-hydrogen) atoms. The van der Waals surface area contributed by atoms with Crippen molar-refractivity contribution in [2.45, 2.75) is 51.1 Å². The van der Waals surface area contributed by atoms with Crippen LogP contribution in [0.1, 0.15) is 76.4 Å². The van der Waals surface area contributed by atoms with Crippen molar-refractivity contribution in [2.24, 2.45) is 0 Å². The summed E-state index contributed by atoms with van der Waals surface area (Å²) in [5, 5.41) is 15.7. The van der Waals surface area contributed by atoms with E-state index in [9.17, 15) is 24.3 Å². The van der Waals surface area contributed by atoms with E-state index in [-0.39, 0.29) is 35.8 Å². The number of ether oxygens (including phenoxy) is 1. The third-order valence-corrected chi connectivity index (χ3v) is 10.2. The number of imide groups is 2. The van der Waals surface area contributed by atoms with Gasteiger partial charge in [-0.05, 0) is 96.0 Å². The van der Waals surface area contributed by atoms with Gasteiger partial charge < -0.3 is 15.2 Å². The van der Waals surface area contributed by atoms with E-state index in [1.54, 1.807) is 30.3 Å². The standard InChI is InChI=1S/C42H42N4O6/c1-2-34(27-6-4-3-5-7-27)39(28-8-13-32(47)14-9-28)29-10-15-33(16-11-29)52-25-24-45-22-20-30(21-23-45)43-31-12-17-35-36(26-31)42(51)46(41(35)50)37-18-19-38(48)44-40(37)49/h3-17,26,30,37,43,47H,2,18-25H2,1H3,(H,44,48,49)/b39-34-. The van der Waals surface area contributed by atoms with Gasteiger partial charge in [0.2, 0.25) is 11.8 Å². The summed E-state index contributed by atoms with van der Waals surface area (Å²) in [5.41, 5.74) is 6.97. The van der Waals surface area contributed by atoms with Gasteiger partial charge in [0.15, 0.2) is 0 Å². The van der Waals surface area contributed by atoms with E-state index >= 15 is 0 Å². The molecule has 10 nitrogen and oxygen atoms in total. The minimum atomic E-state index is -0.977. The van der Waals surface area contributed by atoms with E-state index in [4.69, 9.17) is 4.74 Å². The Kier molecular flexibility index (Phi) is 10.2. The van der Waals surface area contributed by atoms with Gasteiger partial charge >= 0.3 is 0 Å². The molecule has 10 heteroatoms. The van der Waals surface area contributed by atoms with Gasteiger partial charge in [-0.25, -0.2) is 0 Å². The molecule has 3 aliphatic rings. The monoisotopic (exact) mass is 698 g/mol. The zero-order chi connectivity index (χ0) is 36.2. The molecule has 2 fully saturated rings. The average Bonchev–Trinajstić information content (AvgIpc) is 3.40. The Morgan fingerprint density at radius 3 is 2.15 bits per heavy atom. The summed E-state index contributed by atoms with van der Waals surface area (Å²) in [6, 6.07) is 30.4. The number of nitrogens with one attached hydrogen (secondary N) is 2. The molecule has 2 saturated heterocycles. The zero-order valence-corrected chi connectivity index (χ0v) is 29.1. The molecule has 0 radical (unpaired) electrons. The number of piperidine rings is 2. The van der Waals surface area contributed by atoms with Crippen molar-refractivity contribution in [2.75, 3.05) is 31.6 Å². The van der Waals surface area contributed by atoms with Gasteiger partial charge in [0.1, 0.15) is 24.1 Å². The first-order valence-electron chi connectivity index (χ1n) is 17.9. The first-order valence-corrected chi connectivity index (χ1v) is 17.9. The SMILES string of the molecule is CC/C(=C(\c1ccc(O)cc1)c1ccc(OCCN2CCC(Nc3ccc4c(c3)C(=O)N(C3CCC(=O)NC3=O)C4=O)CC2)cc1)c1ccccc1. The number of benzene rings is 4. The maximum absolute atomic E-state index is 13.2. The van der Waals surface area contributed by atoms with Crippen LogP contribution in [0.3, 0.4) is 0 Å². The van der Waals surface area contributed by atoms with Crippen LogP contribution in [0.15, 0.2) is 97.1 Å². The number of hydrogen-bond donors (Lipinski definition) is 3. The number of amides is 4. The van der Waals surface area contributed by atoms with E-state index in [1.807, 2.05) is 30.3 Å². The number of phenols is 1. The highest BCUT2D eigenvalue weighted by atomic mass is 16.5. The summed E-state index contributed by atoms with van der Waals surface area (Å²) >= 11 is 0. The molecule has 3 N–H and O–H groups in total. The Morgan fingerprint density at radius 2 is 1.48 bits per heavy atom. The zero-order valence-electron chi connectivity index (χ0n) is 29.1. The smallest absolute Gasteiger partial charge is 0.262 e. The average molecular weight is 699 g/mol. The molecule has 4 aromatic rings. The second kappa shape index (κ2) is 15.2. The van der Waals surface area contributed by atoms with Crippen LogP contribution in [0.25, 0.3) is 11.1 Å². The molecular formula is C42H42N4O6. The molecule has 266 valence electrons. The molecule has 0 aromatic heterocycles. The Hall–Kier alpha value is -5.74. The topological polar surface area (TPSA) is 128 Å². The van der Waals surface area contributed by atoms with E-state index in [0.717, 1.165) is 71.9 Å². The van der Waals surface area contributed by atoms with Crippen LogP contribution in [0, 0.1) is 0 Å². The number of carbonyl (C=O) groups is 4. The van der Waals surface area contributed by atoms with Crippen LogP contribution >= 0.6 is 0 Å². The van der Waals surface area contributed by atoms with Crippen LogP contribution in [0.4, 0.5) is 5.69 Å². The van der Waals surface area contributed by atoms with Gasteiger partial charge in [0.05, 0.1) is 11.1 Å². The number of fused-ring (bicyclic) bond motifs is 1. The fourth-order valence-electron chi connectivity index (χ4n) is 7.42. The quantitative estimate of drug-likeness (QED) is 0.126. The predicted octanol–water partition coefficient (Wildman–Crippen LogP) is 6.12. The molecule has 4 aromatic carbocycles. The van der Waals surface area contributed by atoms with Crippen molar-refractivity contribution in [1.82, 2.24) is 15.1 Å². The lowest BCUT2D eigenvalue weighted by molar-refractivity contribution is -0.136. The molecular weight excluding hydrogens is 656 g/mol. The van der Waals surface area contributed by atoms with E-state index in [0.29, 0.717) is 6.61 Å². The predicted molar refractivity (Wildman–Crippen MR) is 199 cm³/mol. The lowest BCUT2D eigenvalue weighted by Gasteiger charge is -2.32. The first kappa shape index (κ1) is 34.7. The Bertz CT molecular complexity index is 2000. The number of phenolic OH excluding ortho intramolecular Hbond substituents is 1. The number of rotatable bonds is 11. The maximum atomic E-state index is 13.2. The summed E-state index contributed by atoms with van der Waals surface area (Å²) in [5.74, 6) is -0.969. The normalized spacial score (nSPS) is 18.6. The third-order valence-electron chi connectivity index (χ3n) is 10.2. The third kappa shape index (κ3) is 7.34. The van der Waals surface area contributed by atoms with Crippen LogP contribution in [-0.4, -0.2) is 76.9 Å². The minimum absolute atomic E-state index is 0.0888. The molecule has 0 aliphatic carbocycles. The summed E-state index contributed by atoms with van der Waals surface area (Å²) in [6.45, 7) is 5.31. The Morgan fingerprint density at radius 1 is 0.808 bits per heavy atom. The summed E-state index contributed by atoms with van der Waals surface area (Å²) < 4.78 is 6.17. The number of likely N-dealkylation sites (tertiary alicyclic amines) is 1. The first-order chi connectivity index (χ1) is 25.3. The maximum Gasteiger partial charge on any atom is 0.262 e. The molecule has 1 unspecified atom stereocenters. The molecule has 1 atom stereocenters. The number of allylic oxidation sites excluding steroid dienone is 1. The number of carbonyl (C=O) groups excluding carboxylic acids is 4. The van der Waals surface area contributed by atoms with Crippen molar-refractivity contribution < 1.29 is 29.0 Å². The highest BCUT2D eigenvalue weighted by Gasteiger charge is 2.44. The summed E-state index contributed by atoms with van der Waals surface area (Å²) in [4.78, 5) is 53.6. The van der Waals surface area contributed by atoms with Crippen molar-refractivity contribution in [3.8, 4) is 11.5 Å². The Labute approximate surface area is 303 Å². The van der Waals surface area contributed by atoms with E-state index in [1.165, 1.54) is 11.1 Å². The lowest BCUT2D eigenvalue weighted by Crippen LogP contribution is -2.54. The van der Waals surface area contributed by atoms with Crippen molar-refractivity contribution in [3.63, 3.8) is 0 Å². The molecule has 0 bridgehead atoms. The molecule has 0 spiro atoms. The van der Waals surface area contributed by atoms with Gasteiger partial charge in [-0.2, -0.15) is 0 Å². The van der Waals surface area contributed by atoms with Gasteiger partial charge in [-0.15, -0.1) is 0 Å². The largest absolute Gasteiger partial charge is 0.508 e. The number of nitrogens with zero attached hydrogens (tertiary/aromatic N) is 2.